The molecular weight excluding hydrogens is 310 g/mol. The summed E-state index contributed by atoms with van der Waals surface area (Å²) in [5.74, 6) is 0. The fourth-order valence-electron chi connectivity index (χ4n) is 2.26. The number of nitrogens with zero attached hydrogens (tertiary/aromatic N) is 3. The van der Waals surface area contributed by atoms with E-state index in [0.717, 1.165) is 5.56 Å². The van der Waals surface area contributed by atoms with Gasteiger partial charge in [-0.15, -0.1) is 0 Å². The van der Waals surface area contributed by atoms with Crippen LogP contribution < -0.4 is 5.01 Å². The van der Waals surface area contributed by atoms with Crippen molar-refractivity contribution in [1.29, 1.82) is 0 Å². The molecular formula is C17H25N3O4. The lowest BCUT2D eigenvalue weighted by Crippen LogP contribution is -2.55. The Labute approximate surface area is 142 Å². The lowest BCUT2D eigenvalue weighted by molar-refractivity contribution is 0.0121. The highest BCUT2D eigenvalue weighted by atomic mass is 16.6. The van der Waals surface area contributed by atoms with Crippen molar-refractivity contribution in [2.45, 2.75) is 59.2 Å². The minimum atomic E-state index is -0.684. The zero-order valence-electron chi connectivity index (χ0n) is 15.1. The van der Waals surface area contributed by atoms with Crippen molar-refractivity contribution in [2.24, 2.45) is 0 Å². The van der Waals surface area contributed by atoms with Gasteiger partial charge in [0.15, 0.2) is 0 Å². The third-order valence-electron chi connectivity index (χ3n) is 3.12. The Balaban J connectivity index is 2.36. The van der Waals surface area contributed by atoms with Crippen molar-refractivity contribution in [3.05, 3.63) is 24.0 Å². The molecule has 1 aliphatic rings. The van der Waals surface area contributed by atoms with Crippen molar-refractivity contribution < 1.29 is 19.1 Å². The molecule has 2 heterocycles. The second-order valence-electron chi connectivity index (χ2n) is 7.65. The van der Waals surface area contributed by atoms with E-state index in [0.29, 0.717) is 18.7 Å². The monoisotopic (exact) mass is 335 g/mol. The summed E-state index contributed by atoms with van der Waals surface area (Å²) in [7, 11) is 0. The topological polar surface area (TPSA) is 72.0 Å². The van der Waals surface area contributed by atoms with Gasteiger partial charge in [0.1, 0.15) is 11.2 Å². The SMILES string of the molecule is CC(C)(C)OC(=O)N1CCc2ccncc2N1C(=O)OC(C)(C)C. The van der Waals surface area contributed by atoms with Gasteiger partial charge in [-0.2, -0.15) is 5.01 Å². The molecule has 0 aliphatic carbocycles. The summed E-state index contributed by atoms with van der Waals surface area (Å²) in [6.07, 6.45) is 2.59. The summed E-state index contributed by atoms with van der Waals surface area (Å²) in [4.78, 5) is 29.3. The number of amides is 2. The average molecular weight is 335 g/mol. The van der Waals surface area contributed by atoms with Crippen LogP contribution in [-0.2, 0) is 15.9 Å². The van der Waals surface area contributed by atoms with E-state index < -0.39 is 23.4 Å². The fraction of sp³-hybridized carbons (Fsp3) is 0.588. The van der Waals surface area contributed by atoms with Crippen LogP contribution in [0.5, 0.6) is 0 Å². The van der Waals surface area contributed by atoms with Crippen LogP contribution in [0.4, 0.5) is 15.3 Å². The Bertz CT molecular complexity index is 631. The van der Waals surface area contributed by atoms with E-state index in [2.05, 4.69) is 4.98 Å². The smallest absolute Gasteiger partial charge is 0.434 e. The molecule has 0 radical (unpaired) electrons. The van der Waals surface area contributed by atoms with Crippen LogP contribution in [0.2, 0.25) is 0 Å². The van der Waals surface area contributed by atoms with Gasteiger partial charge in [0.25, 0.3) is 0 Å². The third-order valence-corrected chi connectivity index (χ3v) is 3.12. The van der Waals surface area contributed by atoms with Crippen molar-refractivity contribution in [3.8, 4) is 0 Å². The van der Waals surface area contributed by atoms with E-state index in [1.54, 1.807) is 53.9 Å². The van der Waals surface area contributed by atoms with Crippen molar-refractivity contribution in [2.75, 3.05) is 11.6 Å². The maximum absolute atomic E-state index is 12.7. The minimum absolute atomic E-state index is 0.325. The summed E-state index contributed by atoms with van der Waals surface area (Å²) in [6.45, 7) is 11.0. The van der Waals surface area contributed by atoms with Gasteiger partial charge in [0.05, 0.1) is 18.4 Å². The second-order valence-corrected chi connectivity index (χ2v) is 7.65. The first-order valence-electron chi connectivity index (χ1n) is 7.94. The zero-order valence-corrected chi connectivity index (χ0v) is 15.1. The highest BCUT2D eigenvalue weighted by molar-refractivity contribution is 5.92. The fourth-order valence-corrected chi connectivity index (χ4v) is 2.26. The number of anilines is 1. The second kappa shape index (κ2) is 6.30. The molecule has 1 aromatic heterocycles. The van der Waals surface area contributed by atoms with Crippen LogP contribution in [0.1, 0.15) is 47.1 Å². The molecule has 2 amide bonds. The zero-order chi connectivity index (χ0) is 18.1. The number of hydrogen-bond donors (Lipinski definition) is 0. The summed E-state index contributed by atoms with van der Waals surface area (Å²) in [6, 6.07) is 1.83. The van der Waals surface area contributed by atoms with E-state index in [4.69, 9.17) is 9.47 Å². The molecule has 0 saturated carbocycles. The number of rotatable bonds is 0. The van der Waals surface area contributed by atoms with Gasteiger partial charge in [-0.05, 0) is 59.6 Å². The van der Waals surface area contributed by atoms with Crippen LogP contribution in [0.3, 0.4) is 0 Å². The van der Waals surface area contributed by atoms with Crippen LogP contribution in [-0.4, -0.2) is 39.9 Å². The first kappa shape index (κ1) is 18.0. The molecule has 0 atom stereocenters. The first-order chi connectivity index (χ1) is 11.0. The molecule has 7 nitrogen and oxygen atoms in total. The average Bonchev–Trinajstić information content (AvgIpc) is 2.42. The Morgan fingerprint density at radius 2 is 1.62 bits per heavy atom. The standard InChI is InChI=1S/C17H25N3O4/c1-16(2,3)23-14(21)19-10-8-12-7-9-18-11-13(12)20(19)15(22)24-17(4,5)6/h7,9,11H,8,10H2,1-6H3. The largest absolute Gasteiger partial charge is 0.442 e. The van der Waals surface area contributed by atoms with E-state index in [1.165, 1.54) is 10.0 Å². The molecule has 0 N–H and O–H groups in total. The number of fused-ring (bicyclic) bond motifs is 1. The summed E-state index contributed by atoms with van der Waals surface area (Å²) < 4.78 is 10.9. The van der Waals surface area contributed by atoms with Gasteiger partial charge in [-0.1, -0.05) is 0 Å². The predicted molar refractivity (Wildman–Crippen MR) is 89.6 cm³/mol. The van der Waals surface area contributed by atoms with E-state index in [9.17, 15) is 9.59 Å². The Morgan fingerprint density at radius 1 is 1.04 bits per heavy atom. The maximum Gasteiger partial charge on any atom is 0.434 e. The van der Waals surface area contributed by atoms with Gasteiger partial charge in [0, 0.05) is 6.20 Å². The molecule has 1 aromatic rings. The quantitative estimate of drug-likeness (QED) is 0.725. The van der Waals surface area contributed by atoms with Crippen LogP contribution in [0.25, 0.3) is 0 Å². The van der Waals surface area contributed by atoms with Crippen LogP contribution in [0.15, 0.2) is 18.5 Å². The molecule has 132 valence electrons. The number of carbonyl (C=O) groups is 2. The highest BCUT2D eigenvalue weighted by Crippen LogP contribution is 2.29. The first-order valence-corrected chi connectivity index (χ1v) is 7.94. The van der Waals surface area contributed by atoms with Crippen LogP contribution in [0, 0.1) is 0 Å². The summed E-state index contributed by atoms with van der Waals surface area (Å²) in [5, 5.41) is 2.48. The molecule has 0 bridgehead atoms. The van der Waals surface area contributed by atoms with Crippen molar-refractivity contribution in [3.63, 3.8) is 0 Å². The molecule has 0 spiro atoms. The van der Waals surface area contributed by atoms with Gasteiger partial charge in [-0.3, -0.25) is 4.98 Å². The molecule has 0 aromatic carbocycles. The lowest BCUT2D eigenvalue weighted by Gasteiger charge is -2.39. The highest BCUT2D eigenvalue weighted by Gasteiger charge is 2.37. The maximum atomic E-state index is 12.7. The van der Waals surface area contributed by atoms with Crippen molar-refractivity contribution >= 4 is 17.9 Å². The normalized spacial score (nSPS) is 14.9. The molecule has 0 fully saturated rings. The molecule has 1 aliphatic heterocycles. The van der Waals surface area contributed by atoms with Gasteiger partial charge < -0.3 is 9.47 Å². The van der Waals surface area contributed by atoms with Gasteiger partial charge >= 0.3 is 12.2 Å². The van der Waals surface area contributed by atoms with Gasteiger partial charge in [0.2, 0.25) is 0 Å². The third kappa shape index (κ3) is 4.37. The molecule has 0 unspecified atom stereocenters. The van der Waals surface area contributed by atoms with E-state index in [-0.39, 0.29) is 0 Å². The van der Waals surface area contributed by atoms with Crippen LogP contribution >= 0.6 is 0 Å². The van der Waals surface area contributed by atoms with E-state index >= 15 is 0 Å². The number of ether oxygens (including phenoxy) is 2. The number of pyridine rings is 1. The Morgan fingerprint density at radius 3 is 2.21 bits per heavy atom. The Hall–Kier alpha value is -2.31. The van der Waals surface area contributed by atoms with Gasteiger partial charge in [-0.25, -0.2) is 14.6 Å². The molecule has 7 heteroatoms. The lowest BCUT2D eigenvalue weighted by atomic mass is 10.1. The molecule has 0 saturated heterocycles. The summed E-state index contributed by atoms with van der Waals surface area (Å²) >= 11 is 0. The summed E-state index contributed by atoms with van der Waals surface area (Å²) in [5.41, 5.74) is 0.113. The predicted octanol–water partition coefficient (Wildman–Crippen LogP) is 3.53. The van der Waals surface area contributed by atoms with E-state index in [1.807, 2.05) is 6.07 Å². The Kier molecular flexibility index (Phi) is 4.73. The minimum Gasteiger partial charge on any atom is -0.442 e. The number of hydrogen-bond acceptors (Lipinski definition) is 5. The molecule has 24 heavy (non-hydrogen) atoms. The number of carbonyl (C=O) groups excluding carboxylic acids is 2. The number of hydrazine groups is 1. The molecule has 2 rings (SSSR count). The number of aromatic nitrogens is 1. The van der Waals surface area contributed by atoms with Crippen molar-refractivity contribution in [1.82, 2.24) is 9.99 Å².